The van der Waals surface area contributed by atoms with E-state index in [1.54, 1.807) is 0 Å². The van der Waals surface area contributed by atoms with Gasteiger partial charge in [-0.15, -0.1) is 11.6 Å². The highest BCUT2D eigenvalue weighted by Crippen LogP contribution is 2.26. The van der Waals surface area contributed by atoms with E-state index in [0.717, 1.165) is 19.3 Å². The van der Waals surface area contributed by atoms with Gasteiger partial charge in [-0.1, -0.05) is 36.8 Å². The van der Waals surface area contributed by atoms with Crippen LogP contribution in [0.5, 0.6) is 0 Å². The van der Waals surface area contributed by atoms with E-state index < -0.39 is 0 Å². The van der Waals surface area contributed by atoms with Crippen LogP contribution in [0.3, 0.4) is 0 Å². The molecule has 1 N–H and O–H groups in total. The first kappa shape index (κ1) is 13.4. The first-order chi connectivity index (χ1) is 8.79. The summed E-state index contributed by atoms with van der Waals surface area (Å²) in [5.74, 6) is 1.28. The van der Waals surface area contributed by atoms with Gasteiger partial charge in [0, 0.05) is 18.3 Å². The second-order valence-corrected chi connectivity index (χ2v) is 5.31. The summed E-state index contributed by atoms with van der Waals surface area (Å²) < 4.78 is 0. The van der Waals surface area contributed by atoms with Crippen molar-refractivity contribution >= 4 is 17.5 Å². The number of carbonyl (C=O) groups is 1. The van der Waals surface area contributed by atoms with E-state index in [9.17, 15) is 4.79 Å². The van der Waals surface area contributed by atoms with Crippen molar-refractivity contribution in [3.63, 3.8) is 0 Å². The van der Waals surface area contributed by atoms with Crippen LogP contribution in [0.4, 0.5) is 0 Å². The molecule has 2 nitrogen and oxygen atoms in total. The van der Waals surface area contributed by atoms with E-state index in [4.69, 9.17) is 11.6 Å². The van der Waals surface area contributed by atoms with Gasteiger partial charge in [-0.2, -0.15) is 0 Å². The van der Waals surface area contributed by atoms with Crippen LogP contribution in [-0.2, 0) is 11.2 Å². The summed E-state index contributed by atoms with van der Waals surface area (Å²) in [6.07, 6.45) is 4.78. The molecule has 1 aliphatic carbocycles. The van der Waals surface area contributed by atoms with Gasteiger partial charge in [0.1, 0.15) is 0 Å². The fourth-order valence-corrected chi connectivity index (χ4v) is 2.96. The average molecular weight is 266 g/mol. The van der Waals surface area contributed by atoms with Crippen molar-refractivity contribution in [2.24, 2.45) is 5.92 Å². The average Bonchev–Trinajstić information content (AvgIpc) is 2.85. The number of carbonyl (C=O) groups excluding carboxylic acids is 1. The van der Waals surface area contributed by atoms with Crippen LogP contribution in [-0.4, -0.2) is 17.8 Å². The highest BCUT2D eigenvalue weighted by Gasteiger charge is 2.27. The van der Waals surface area contributed by atoms with Gasteiger partial charge in [0.25, 0.3) is 0 Å². The van der Waals surface area contributed by atoms with Crippen LogP contribution in [0.2, 0.25) is 0 Å². The number of halogens is 1. The van der Waals surface area contributed by atoms with Crippen LogP contribution in [0.1, 0.15) is 31.2 Å². The molecule has 0 saturated heterocycles. The minimum atomic E-state index is 0.154. The number of nitrogens with one attached hydrogen (secondary N) is 1. The molecule has 0 heterocycles. The minimum Gasteiger partial charge on any atom is -0.353 e. The Labute approximate surface area is 114 Å². The smallest absolute Gasteiger partial charge is 0.220 e. The van der Waals surface area contributed by atoms with Crippen molar-refractivity contribution in [3.8, 4) is 0 Å². The SMILES string of the molecule is O=C(CCc1ccccc1)NC1CCCC1CCl. The number of hydrogen-bond acceptors (Lipinski definition) is 1. The third-order valence-electron chi connectivity index (χ3n) is 3.69. The zero-order chi connectivity index (χ0) is 12.8. The molecule has 98 valence electrons. The highest BCUT2D eigenvalue weighted by molar-refractivity contribution is 6.18. The second kappa shape index (κ2) is 6.79. The Kier molecular flexibility index (Phi) is 5.06. The predicted molar refractivity (Wildman–Crippen MR) is 74.8 cm³/mol. The van der Waals surface area contributed by atoms with Crippen molar-refractivity contribution in [1.82, 2.24) is 5.32 Å². The Bertz CT molecular complexity index is 379. The quantitative estimate of drug-likeness (QED) is 0.815. The molecular formula is C15H20ClNO. The largest absolute Gasteiger partial charge is 0.353 e. The number of alkyl halides is 1. The molecule has 0 aliphatic heterocycles. The zero-order valence-corrected chi connectivity index (χ0v) is 11.3. The van der Waals surface area contributed by atoms with Crippen LogP contribution < -0.4 is 5.32 Å². The summed E-state index contributed by atoms with van der Waals surface area (Å²) in [5, 5.41) is 3.13. The summed E-state index contributed by atoms with van der Waals surface area (Å²) in [6, 6.07) is 10.4. The highest BCUT2D eigenvalue weighted by atomic mass is 35.5. The molecule has 1 fully saturated rings. The van der Waals surface area contributed by atoms with Crippen molar-refractivity contribution in [2.45, 2.75) is 38.1 Å². The molecular weight excluding hydrogens is 246 g/mol. The van der Waals surface area contributed by atoms with Crippen molar-refractivity contribution in [2.75, 3.05) is 5.88 Å². The van der Waals surface area contributed by atoms with Crippen molar-refractivity contribution in [3.05, 3.63) is 35.9 Å². The van der Waals surface area contributed by atoms with E-state index in [1.807, 2.05) is 18.2 Å². The third kappa shape index (κ3) is 3.74. The Balaban J connectivity index is 1.75. The third-order valence-corrected chi connectivity index (χ3v) is 4.08. The fourth-order valence-electron chi connectivity index (χ4n) is 2.59. The van der Waals surface area contributed by atoms with E-state index in [1.165, 1.54) is 12.0 Å². The number of rotatable bonds is 5. The molecule has 1 saturated carbocycles. The Morgan fingerprint density at radius 3 is 2.78 bits per heavy atom. The van der Waals surface area contributed by atoms with Gasteiger partial charge >= 0.3 is 0 Å². The van der Waals surface area contributed by atoms with Crippen LogP contribution in [0, 0.1) is 5.92 Å². The molecule has 0 spiro atoms. The van der Waals surface area contributed by atoms with Crippen molar-refractivity contribution < 1.29 is 4.79 Å². The lowest BCUT2D eigenvalue weighted by Crippen LogP contribution is -2.38. The molecule has 1 aromatic carbocycles. The van der Waals surface area contributed by atoms with E-state index in [-0.39, 0.29) is 5.91 Å². The molecule has 0 bridgehead atoms. The maximum Gasteiger partial charge on any atom is 0.220 e. The molecule has 2 rings (SSSR count). The predicted octanol–water partition coefficient (Wildman–Crippen LogP) is 3.14. The summed E-state index contributed by atoms with van der Waals surface area (Å²) in [7, 11) is 0. The van der Waals surface area contributed by atoms with Crippen molar-refractivity contribution in [1.29, 1.82) is 0 Å². The van der Waals surface area contributed by atoms with Gasteiger partial charge in [-0.3, -0.25) is 4.79 Å². The normalized spacial score (nSPS) is 22.9. The topological polar surface area (TPSA) is 29.1 Å². The fraction of sp³-hybridized carbons (Fsp3) is 0.533. The second-order valence-electron chi connectivity index (χ2n) is 5.00. The summed E-state index contributed by atoms with van der Waals surface area (Å²) in [4.78, 5) is 11.9. The molecule has 1 aliphatic rings. The lowest BCUT2D eigenvalue weighted by Gasteiger charge is -2.18. The Morgan fingerprint density at radius 1 is 1.28 bits per heavy atom. The van der Waals surface area contributed by atoms with Gasteiger partial charge in [-0.25, -0.2) is 0 Å². The molecule has 1 aromatic rings. The van der Waals surface area contributed by atoms with Gasteiger partial charge in [0.2, 0.25) is 5.91 Å². The number of amides is 1. The molecule has 2 atom stereocenters. The number of benzene rings is 1. The van der Waals surface area contributed by atoms with E-state index in [2.05, 4.69) is 17.4 Å². The van der Waals surface area contributed by atoms with Crippen LogP contribution >= 0.6 is 11.6 Å². The molecule has 18 heavy (non-hydrogen) atoms. The van der Waals surface area contributed by atoms with Gasteiger partial charge in [0.15, 0.2) is 0 Å². The molecule has 1 amide bonds. The standard InChI is InChI=1S/C15H20ClNO/c16-11-13-7-4-8-14(13)17-15(18)10-9-12-5-2-1-3-6-12/h1-3,5-6,13-14H,4,7-11H2,(H,17,18). The molecule has 0 aromatic heterocycles. The van der Waals surface area contributed by atoms with Crippen LogP contribution in [0.15, 0.2) is 30.3 Å². The first-order valence-electron chi connectivity index (χ1n) is 6.69. The monoisotopic (exact) mass is 265 g/mol. The Morgan fingerprint density at radius 2 is 2.06 bits per heavy atom. The van der Waals surface area contributed by atoms with Gasteiger partial charge < -0.3 is 5.32 Å². The lowest BCUT2D eigenvalue weighted by molar-refractivity contribution is -0.121. The minimum absolute atomic E-state index is 0.154. The number of aryl methyl sites for hydroxylation is 1. The molecule has 0 radical (unpaired) electrons. The molecule has 2 unspecified atom stereocenters. The zero-order valence-electron chi connectivity index (χ0n) is 10.6. The van der Waals surface area contributed by atoms with E-state index >= 15 is 0 Å². The molecule has 3 heteroatoms. The van der Waals surface area contributed by atoms with E-state index in [0.29, 0.717) is 24.3 Å². The maximum atomic E-state index is 11.9. The first-order valence-corrected chi connectivity index (χ1v) is 7.22. The lowest BCUT2D eigenvalue weighted by atomic mass is 10.1. The Hall–Kier alpha value is -1.02. The van der Waals surface area contributed by atoms with Crippen LogP contribution in [0.25, 0.3) is 0 Å². The van der Waals surface area contributed by atoms with Gasteiger partial charge in [0.05, 0.1) is 0 Å². The maximum absolute atomic E-state index is 11.9. The number of hydrogen-bond donors (Lipinski definition) is 1. The summed E-state index contributed by atoms with van der Waals surface area (Å²) in [5.41, 5.74) is 1.22. The van der Waals surface area contributed by atoms with Gasteiger partial charge in [-0.05, 0) is 30.7 Å². The summed E-state index contributed by atoms with van der Waals surface area (Å²) >= 11 is 5.91. The summed E-state index contributed by atoms with van der Waals surface area (Å²) in [6.45, 7) is 0.